The molecule has 150 valence electrons. The lowest BCUT2D eigenvalue weighted by atomic mass is 10.2. The van der Waals surface area contributed by atoms with Crippen LogP contribution in [0, 0.1) is 0 Å². The van der Waals surface area contributed by atoms with Crippen molar-refractivity contribution in [1.29, 1.82) is 0 Å². The van der Waals surface area contributed by atoms with Gasteiger partial charge in [0.25, 0.3) is 5.56 Å². The van der Waals surface area contributed by atoms with Crippen molar-refractivity contribution >= 4 is 27.8 Å². The highest BCUT2D eigenvalue weighted by Crippen LogP contribution is 2.36. The lowest BCUT2D eigenvalue weighted by molar-refractivity contribution is 0.147. The van der Waals surface area contributed by atoms with Crippen molar-refractivity contribution in [2.45, 2.75) is 18.9 Å². The quantitative estimate of drug-likeness (QED) is 0.533. The Balaban J connectivity index is 1.46. The van der Waals surface area contributed by atoms with E-state index in [1.54, 1.807) is 17.0 Å². The van der Waals surface area contributed by atoms with Crippen LogP contribution >= 0.6 is 11.3 Å². The number of ether oxygens (including phenoxy) is 1. The van der Waals surface area contributed by atoms with Crippen LogP contribution in [0.2, 0.25) is 0 Å². The van der Waals surface area contributed by atoms with E-state index in [1.807, 2.05) is 48.5 Å². The van der Waals surface area contributed by atoms with E-state index in [2.05, 4.69) is 15.0 Å². The first-order valence-corrected chi connectivity index (χ1v) is 10.5. The van der Waals surface area contributed by atoms with Crippen molar-refractivity contribution < 1.29 is 9.53 Å². The maximum Gasteiger partial charge on any atom is 0.415 e. The summed E-state index contributed by atoms with van der Waals surface area (Å²) in [6.45, 7) is 0.589. The fourth-order valence-corrected chi connectivity index (χ4v) is 4.70. The molecule has 7 nitrogen and oxygen atoms in total. The number of aromatic nitrogens is 3. The van der Waals surface area contributed by atoms with Gasteiger partial charge in [0.2, 0.25) is 0 Å². The molecule has 0 aliphatic carbocycles. The smallest absolute Gasteiger partial charge is 0.410 e. The first kappa shape index (κ1) is 18.5. The number of likely N-dealkylation sites (tertiary alicyclic amines) is 1. The van der Waals surface area contributed by atoms with Gasteiger partial charge >= 0.3 is 6.09 Å². The summed E-state index contributed by atoms with van der Waals surface area (Å²) in [5.41, 5.74) is 0.858. The largest absolute Gasteiger partial charge is 0.415 e. The van der Waals surface area contributed by atoms with Crippen LogP contribution in [0.1, 0.15) is 23.9 Å². The van der Waals surface area contributed by atoms with E-state index in [1.165, 1.54) is 11.3 Å². The van der Waals surface area contributed by atoms with Crippen LogP contribution in [0.3, 0.4) is 0 Å². The molecule has 0 bridgehead atoms. The summed E-state index contributed by atoms with van der Waals surface area (Å²) in [5, 5.41) is 0.704. The maximum atomic E-state index is 12.7. The first-order chi connectivity index (χ1) is 14.7. The van der Waals surface area contributed by atoms with Gasteiger partial charge in [-0.15, -0.1) is 0 Å². The highest BCUT2D eigenvalue weighted by Gasteiger charge is 2.34. The van der Waals surface area contributed by atoms with Crippen molar-refractivity contribution in [2.24, 2.45) is 0 Å². The van der Waals surface area contributed by atoms with Crippen molar-refractivity contribution in [3.63, 3.8) is 0 Å². The molecule has 1 N–H and O–H groups in total. The predicted octanol–water partition coefficient (Wildman–Crippen LogP) is 4.38. The maximum absolute atomic E-state index is 12.7. The minimum Gasteiger partial charge on any atom is -0.410 e. The molecule has 0 radical (unpaired) electrons. The standard InChI is InChI=1S/C22H18N4O3S/c27-19-17-21(25-18(24-19)14-8-3-1-4-9-14)30-20(23-17)16-12-7-13-26(16)22(28)29-15-10-5-2-6-11-15/h1-6,8-11,16H,7,12-13H2,(H,24,25,27)/t16-/m1/s1. The van der Waals surface area contributed by atoms with Crippen LogP contribution in [0.25, 0.3) is 21.7 Å². The number of thiazole rings is 1. The van der Waals surface area contributed by atoms with Gasteiger partial charge in [-0.05, 0) is 25.0 Å². The van der Waals surface area contributed by atoms with Gasteiger partial charge in [0.1, 0.15) is 16.6 Å². The third kappa shape index (κ3) is 3.46. The molecule has 1 fully saturated rings. The summed E-state index contributed by atoms with van der Waals surface area (Å²) in [7, 11) is 0. The zero-order valence-electron chi connectivity index (χ0n) is 15.9. The van der Waals surface area contributed by atoms with E-state index in [4.69, 9.17) is 4.74 Å². The van der Waals surface area contributed by atoms with Crippen LogP contribution in [0.15, 0.2) is 65.5 Å². The molecule has 5 rings (SSSR count). The van der Waals surface area contributed by atoms with E-state index in [0.29, 0.717) is 33.5 Å². The lowest BCUT2D eigenvalue weighted by Gasteiger charge is -2.22. The van der Waals surface area contributed by atoms with Gasteiger partial charge in [-0.2, -0.15) is 0 Å². The molecule has 4 aromatic rings. The normalized spacial score (nSPS) is 16.1. The number of para-hydroxylation sites is 1. The van der Waals surface area contributed by atoms with Crippen molar-refractivity contribution in [3.05, 3.63) is 76.0 Å². The molecule has 30 heavy (non-hydrogen) atoms. The number of nitrogens with one attached hydrogen (secondary N) is 1. The van der Waals surface area contributed by atoms with Crippen LogP contribution in [-0.2, 0) is 0 Å². The third-order valence-corrected chi connectivity index (χ3v) is 6.10. The van der Waals surface area contributed by atoms with Crippen LogP contribution in [0.5, 0.6) is 5.75 Å². The summed E-state index contributed by atoms with van der Waals surface area (Å²) in [6.07, 6.45) is 1.21. The van der Waals surface area contributed by atoms with Crippen molar-refractivity contribution in [3.8, 4) is 17.1 Å². The molecular weight excluding hydrogens is 400 g/mol. The molecule has 2 aromatic carbocycles. The molecule has 8 heteroatoms. The molecule has 1 saturated heterocycles. The monoisotopic (exact) mass is 418 g/mol. The van der Waals surface area contributed by atoms with Gasteiger partial charge < -0.3 is 9.72 Å². The summed E-state index contributed by atoms with van der Waals surface area (Å²) >= 11 is 1.35. The van der Waals surface area contributed by atoms with E-state index in [0.717, 1.165) is 18.4 Å². The van der Waals surface area contributed by atoms with Crippen molar-refractivity contribution in [1.82, 2.24) is 19.9 Å². The number of fused-ring (bicyclic) bond motifs is 1. The molecule has 3 heterocycles. The molecular formula is C22H18N4O3S. The summed E-state index contributed by atoms with van der Waals surface area (Å²) in [6, 6.07) is 18.3. The Bertz CT molecular complexity index is 1250. The second kappa shape index (κ2) is 7.72. The molecule has 0 spiro atoms. The number of nitrogens with zero attached hydrogens (tertiary/aromatic N) is 3. The van der Waals surface area contributed by atoms with Gasteiger partial charge in [0, 0.05) is 12.1 Å². The van der Waals surface area contributed by atoms with E-state index >= 15 is 0 Å². The summed E-state index contributed by atoms with van der Waals surface area (Å²) in [4.78, 5) is 39.5. The van der Waals surface area contributed by atoms with Gasteiger partial charge in [-0.1, -0.05) is 59.9 Å². The Morgan fingerprint density at radius 2 is 1.80 bits per heavy atom. The lowest BCUT2D eigenvalue weighted by Crippen LogP contribution is -2.33. The number of amides is 1. The van der Waals surface area contributed by atoms with Gasteiger partial charge in [-0.3, -0.25) is 9.69 Å². The van der Waals surface area contributed by atoms with Crippen molar-refractivity contribution in [2.75, 3.05) is 6.54 Å². The Labute approximate surface area is 176 Å². The Morgan fingerprint density at radius 3 is 2.57 bits per heavy atom. The topological polar surface area (TPSA) is 88.2 Å². The minimum absolute atomic E-state index is 0.222. The molecule has 1 amide bonds. The highest BCUT2D eigenvalue weighted by atomic mass is 32.1. The Morgan fingerprint density at radius 1 is 1.07 bits per heavy atom. The number of hydrogen-bond donors (Lipinski definition) is 1. The average molecular weight is 418 g/mol. The summed E-state index contributed by atoms with van der Waals surface area (Å²) < 4.78 is 5.51. The molecule has 0 unspecified atom stereocenters. The fraction of sp³-hybridized carbons (Fsp3) is 0.182. The zero-order chi connectivity index (χ0) is 20.5. The number of rotatable bonds is 3. The molecule has 1 atom stereocenters. The number of H-pyrrole nitrogens is 1. The van der Waals surface area contributed by atoms with Crippen LogP contribution < -0.4 is 10.3 Å². The number of aromatic amines is 1. The van der Waals surface area contributed by atoms with E-state index < -0.39 is 6.09 Å². The van der Waals surface area contributed by atoms with Gasteiger partial charge in [-0.25, -0.2) is 14.8 Å². The second-order valence-corrected chi connectivity index (χ2v) is 8.03. The number of benzene rings is 2. The fourth-order valence-electron chi connectivity index (χ4n) is 3.61. The number of carbonyl (C=O) groups is 1. The number of hydrogen-bond acceptors (Lipinski definition) is 6. The molecule has 1 aliphatic heterocycles. The highest BCUT2D eigenvalue weighted by molar-refractivity contribution is 7.18. The summed E-state index contributed by atoms with van der Waals surface area (Å²) in [5.74, 6) is 1.01. The molecule has 2 aromatic heterocycles. The minimum atomic E-state index is -0.408. The number of carbonyl (C=O) groups excluding carboxylic acids is 1. The van der Waals surface area contributed by atoms with Gasteiger partial charge in [0.05, 0.1) is 6.04 Å². The predicted molar refractivity (Wildman–Crippen MR) is 115 cm³/mol. The SMILES string of the molecule is O=C(Oc1ccccc1)N1CCC[C@@H]1c1nc2c(=O)[nH]c(-c3ccccc3)nc2s1. The molecule has 1 aliphatic rings. The Kier molecular flexibility index (Phi) is 4.76. The van der Waals surface area contributed by atoms with Crippen LogP contribution in [0.4, 0.5) is 4.79 Å². The Hall–Kier alpha value is -3.52. The second-order valence-electron chi connectivity index (χ2n) is 7.02. The zero-order valence-corrected chi connectivity index (χ0v) is 16.8. The van der Waals surface area contributed by atoms with E-state index in [9.17, 15) is 9.59 Å². The van der Waals surface area contributed by atoms with Gasteiger partial charge in [0.15, 0.2) is 10.3 Å². The van der Waals surface area contributed by atoms with E-state index in [-0.39, 0.29) is 11.6 Å². The van der Waals surface area contributed by atoms with Crippen LogP contribution in [-0.4, -0.2) is 32.5 Å². The average Bonchev–Trinajstić information content (AvgIpc) is 3.42. The molecule has 0 saturated carbocycles. The first-order valence-electron chi connectivity index (χ1n) is 9.69. The third-order valence-electron chi connectivity index (χ3n) is 5.05.